The molecule has 0 amide bonds. The van der Waals surface area contributed by atoms with E-state index in [9.17, 15) is 29.1 Å². The third-order valence-electron chi connectivity index (χ3n) is 2.54. The van der Waals surface area contributed by atoms with Gasteiger partial charge >= 0.3 is 0 Å². The van der Waals surface area contributed by atoms with Crippen molar-refractivity contribution < 1.29 is 23.9 Å². The molecule has 0 aliphatic rings. The largest absolute Gasteiger partial charge is 0.390 e. The monoisotopic (exact) mass is 288 g/mol. The molecule has 0 fully saturated rings. The van der Waals surface area contributed by atoms with Gasteiger partial charge in [-0.05, 0) is 18.0 Å². The Bertz CT molecular complexity index is 562. The third kappa shape index (κ3) is 3.60. The van der Waals surface area contributed by atoms with Gasteiger partial charge < -0.3 is 10.2 Å². The maximum Gasteiger partial charge on any atom is 0.278 e. The minimum atomic E-state index is -1.81. The van der Waals surface area contributed by atoms with Crippen LogP contribution in [-0.2, 0) is 0 Å². The molecule has 0 aliphatic heterocycles. The highest BCUT2D eigenvalue weighted by Crippen LogP contribution is 2.30. The zero-order chi connectivity index (χ0) is 15.3. The Morgan fingerprint density at radius 2 is 2.00 bits per heavy atom. The van der Waals surface area contributed by atoms with Gasteiger partial charge in [0.25, 0.3) is 5.69 Å². The lowest BCUT2D eigenvalue weighted by atomic mass is 10.00. The molecule has 1 aromatic rings. The number of nitro groups is 1. The third-order valence-corrected chi connectivity index (χ3v) is 2.54. The standard InChI is InChI=1S/C10H10F2N4O4/c11-6-3-5(8(16(19)20)4-7(6)12)10(18)9(17)1-2-14-15-13/h3-4,9-10,17-18H,1-2H2. The first-order valence-corrected chi connectivity index (χ1v) is 5.38. The van der Waals surface area contributed by atoms with Crippen LogP contribution in [0.3, 0.4) is 0 Å². The molecule has 0 bridgehead atoms. The molecule has 1 aromatic carbocycles. The van der Waals surface area contributed by atoms with E-state index in [1.807, 2.05) is 0 Å². The Morgan fingerprint density at radius 1 is 1.40 bits per heavy atom. The molecule has 0 saturated carbocycles. The van der Waals surface area contributed by atoms with Crippen molar-refractivity contribution in [1.29, 1.82) is 0 Å². The number of azide groups is 1. The molecule has 1 rings (SSSR count). The van der Waals surface area contributed by atoms with E-state index in [1.165, 1.54) is 0 Å². The quantitative estimate of drug-likeness (QED) is 0.272. The van der Waals surface area contributed by atoms with Crippen LogP contribution < -0.4 is 0 Å². The average Bonchev–Trinajstić information content (AvgIpc) is 2.40. The summed E-state index contributed by atoms with van der Waals surface area (Å²) in [6, 6.07) is 0.781. The van der Waals surface area contributed by atoms with Gasteiger partial charge in [-0.1, -0.05) is 5.11 Å². The molecule has 2 atom stereocenters. The summed E-state index contributed by atoms with van der Waals surface area (Å²) < 4.78 is 26.0. The van der Waals surface area contributed by atoms with E-state index >= 15 is 0 Å². The maximum absolute atomic E-state index is 13.1. The summed E-state index contributed by atoms with van der Waals surface area (Å²) in [6.45, 7) is -0.161. The predicted octanol–water partition coefficient (Wildman–Crippen LogP) is 1.97. The minimum Gasteiger partial charge on any atom is -0.390 e. The molecule has 20 heavy (non-hydrogen) atoms. The van der Waals surface area contributed by atoms with Crippen molar-refractivity contribution >= 4 is 5.69 Å². The number of hydrogen-bond donors (Lipinski definition) is 2. The number of rotatable bonds is 6. The van der Waals surface area contributed by atoms with Crippen molar-refractivity contribution in [3.63, 3.8) is 0 Å². The summed E-state index contributed by atoms with van der Waals surface area (Å²) in [4.78, 5) is 12.2. The molecule has 0 aromatic heterocycles. The Kier molecular flexibility index (Phi) is 5.32. The number of nitrogens with zero attached hydrogens (tertiary/aromatic N) is 4. The first kappa shape index (κ1) is 15.8. The molecule has 2 unspecified atom stereocenters. The van der Waals surface area contributed by atoms with Gasteiger partial charge in [0.1, 0.15) is 6.10 Å². The van der Waals surface area contributed by atoms with Crippen LogP contribution in [0.5, 0.6) is 0 Å². The second-order valence-electron chi connectivity index (χ2n) is 3.84. The SMILES string of the molecule is [N-]=[N+]=NCCC(O)C(O)c1cc(F)c(F)cc1[N+](=O)[O-]. The zero-order valence-corrected chi connectivity index (χ0v) is 9.98. The second-order valence-corrected chi connectivity index (χ2v) is 3.84. The number of halogens is 2. The molecular formula is C10H10F2N4O4. The zero-order valence-electron chi connectivity index (χ0n) is 9.98. The molecule has 0 saturated heterocycles. The van der Waals surface area contributed by atoms with Gasteiger partial charge in [-0.3, -0.25) is 10.1 Å². The summed E-state index contributed by atoms with van der Waals surface area (Å²) in [5.41, 5.74) is 6.65. The molecule has 0 spiro atoms. The summed E-state index contributed by atoms with van der Waals surface area (Å²) in [7, 11) is 0. The van der Waals surface area contributed by atoms with Crippen molar-refractivity contribution in [2.45, 2.75) is 18.6 Å². The molecule has 0 heterocycles. The fourth-order valence-corrected chi connectivity index (χ4v) is 1.55. The maximum atomic E-state index is 13.1. The van der Waals surface area contributed by atoms with Crippen LogP contribution >= 0.6 is 0 Å². The van der Waals surface area contributed by atoms with Crippen molar-refractivity contribution in [2.75, 3.05) is 6.54 Å². The lowest BCUT2D eigenvalue weighted by Gasteiger charge is -2.17. The number of nitro benzene ring substituents is 1. The van der Waals surface area contributed by atoms with E-state index in [4.69, 9.17) is 5.53 Å². The lowest BCUT2D eigenvalue weighted by Crippen LogP contribution is -2.20. The highest BCUT2D eigenvalue weighted by molar-refractivity contribution is 5.43. The molecule has 2 N–H and O–H groups in total. The normalized spacial score (nSPS) is 13.4. The first-order valence-electron chi connectivity index (χ1n) is 5.38. The van der Waals surface area contributed by atoms with Gasteiger partial charge in [-0.15, -0.1) is 0 Å². The van der Waals surface area contributed by atoms with Crippen molar-refractivity contribution in [3.8, 4) is 0 Å². The molecule has 8 nitrogen and oxygen atoms in total. The van der Waals surface area contributed by atoms with Crippen LogP contribution in [0, 0.1) is 21.7 Å². The fourth-order valence-electron chi connectivity index (χ4n) is 1.55. The van der Waals surface area contributed by atoms with E-state index in [0.29, 0.717) is 12.1 Å². The van der Waals surface area contributed by atoms with Crippen LogP contribution in [0.25, 0.3) is 10.4 Å². The molecule has 108 valence electrons. The summed E-state index contributed by atoms with van der Waals surface area (Å²) in [6.07, 6.45) is -3.52. The van der Waals surface area contributed by atoms with Gasteiger partial charge in [-0.2, -0.15) is 0 Å². The highest BCUT2D eigenvalue weighted by atomic mass is 19.2. The van der Waals surface area contributed by atoms with E-state index < -0.39 is 40.0 Å². The molecule has 10 heteroatoms. The minimum absolute atomic E-state index is 0.161. The Balaban J connectivity index is 3.07. The second kappa shape index (κ2) is 6.75. The molecule has 0 radical (unpaired) electrons. The molecule has 0 aliphatic carbocycles. The summed E-state index contributed by atoms with van der Waals surface area (Å²) in [5.74, 6) is -2.82. The van der Waals surface area contributed by atoms with Gasteiger partial charge in [0.15, 0.2) is 11.6 Å². The lowest BCUT2D eigenvalue weighted by molar-refractivity contribution is -0.386. The van der Waals surface area contributed by atoms with Crippen molar-refractivity contribution in [1.82, 2.24) is 0 Å². The van der Waals surface area contributed by atoms with E-state index in [-0.39, 0.29) is 13.0 Å². The van der Waals surface area contributed by atoms with Gasteiger partial charge in [0.2, 0.25) is 0 Å². The Morgan fingerprint density at radius 3 is 2.55 bits per heavy atom. The highest BCUT2D eigenvalue weighted by Gasteiger charge is 2.28. The number of hydrogen-bond acceptors (Lipinski definition) is 5. The smallest absolute Gasteiger partial charge is 0.278 e. The number of aliphatic hydroxyl groups is 2. The molecular weight excluding hydrogens is 278 g/mol. The fraction of sp³-hybridized carbons (Fsp3) is 0.400. The van der Waals surface area contributed by atoms with Gasteiger partial charge in [-0.25, -0.2) is 8.78 Å². The van der Waals surface area contributed by atoms with Gasteiger partial charge in [0.05, 0.1) is 22.7 Å². The van der Waals surface area contributed by atoms with Crippen LogP contribution in [-0.4, -0.2) is 27.8 Å². The first-order chi connectivity index (χ1) is 9.38. The average molecular weight is 288 g/mol. The summed E-state index contributed by atoms with van der Waals surface area (Å²) in [5, 5.41) is 33.2. The van der Waals surface area contributed by atoms with Crippen LogP contribution in [0.1, 0.15) is 18.1 Å². The topological polar surface area (TPSA) is 132 Å². The van der Waals surface area contributed by atoms with Crippen LogP contribution in [0.2, 0.25) is 0 Å². The number of aliphatic hydroxyl groups excluding tert-OH is 2. The van der Waals surface area contributed by atoms with E-state index in [1.54, 1.807) is 0 Å². The van der Waals surface area contributed by atoms with Crippen molar-refractivity contribution in [2.24, 2.45) is 5.11 Å². The summed E-state index contributed by atoms with van der Waals surface area (Å²) >= 11 is 0. The van der Waals surface area contributed by atoms with Crippen molar-refractivity contribution in [3.05, 3.63) is 49.9 Å². The predicted molar refractivity (Wildman–Crippen MR) is 62.6 cm³/mol. The van der Waals surface area contributed by atoms with Crippen LogP contribution in [0.4, 0.5) is 14.5 Å². The Hall–Kier alpha value is -2.29. The van der Waals surface area contributed by atoms with Crippen LogP contribution in [0.15, 0.2) is 17.2 Å². The Labute approximate surface area is 111 Å². The van der Waals surface area contributed by atoms with Gasteiger partial charge in [0, 0.05) is 11.5 Å². The number of benzene rings is 1. The van der Waals surface area contributed by atoms with E-state index in [0.717, 1.165) is 0 Å². The van der Waals surface area contributed by atoms with E-state index in [2.05, 4.69) is 10.0 Å².